The van der Waals surface area contributed by atoms with Gasteiger partial charge in [0.25, 0.3) is 0 Å². The fourth-order valence-corrected chi connectivity index (χ4v) is 2.77. The highest BCUT2D eigenvalue weighted by Gasteiger charge is 2.23. The first-order valence-electron chi connectivity index (χ1n) is 7.71. The van der Waals surface area contributed by atoms with Crippen LogP contribution in [0, 0.1) is 0 Å². The second-order valence-corrected chi connectivity index (χ2v) is 6.12. The first-order valence-corrected chi connectivity index (χ1v) is 8.47. The minimum absolute atomic E-state index is 0.164. The van der Waals surface area contributed by atoms with Crippen LogP contribution in [0.5, 0.6) is 5.88 Å². The van der Waals surface area contributed by atoms with E-state index in [4.69, 9.17) is 23.2 Å². The molecule has 0 spiro atoms. The molecule has 3 rings (SSSR count). The van der Waals surface area contributed by atoms with Crippen LogP contribution in [-0.4, -0.2) is 54.2 Å². The van der Waals surface area contributed by atoms with Crippen LogP contribution < -0.4 is 0 Å². The van der Waals surface area contributed by atoms with Crippen LogP contribution in [0.1, 0.15) is 13.8 Å². The third-order valence-electron chi connectivity index (χ3n) is 3.83. The highest BCUT2D eigenvalue weighted by Crippen LogP contribution is 2.32. The molecule has 0 saturated heterocycles. The monoisotopic (exact) mass is 379 g/mol. The van der Waals surface area contributed by atoms with Gasteiger partial charge < -0.3 is 5.11 Å². The quantitative estimate of drug-likeness (QED) is 0.417. The van der Waals surface area contributed by atoms with Crippen molar-refractivity contribution in [1.29, 1.82) is 0 Å². The van der Waals surface area contributed by atoms with Crippen molar-refractivity contribution in [2.45, 2.75) is 13.8 Å². The Morgan fingerprint density at radius 2 is 1.92 bits per heavy atom. The number of fused-ring (bicyclic) bond motifs is 1. The number of aromatic nitrogens is 4. The van der Waals surface area contributed by atoms with Gasteiger partial charge in [0, 0.05) is 18.2 Å². The highest BCUT2D eigenvalue weighted by atomic mass is 35.5. The molecule has 0 aliphatic carbocycles. The van der Waals surface area contributed by atoms with Crippen LogP contribution in [0.3, 0.4) is 0 Å². The van der Waals surface area contributed by atoms with E-state index in [-0.39, 0.29) is 11.7 Å². The molecule has 9 heteroatoms. The van der Waals surface area contributed by atoms with Crippen LogP contribution in [0.15, 0.2) is 24.4 Å². The number of hydrazine groups is 1. The van der Waals surface area contributed by atoms with Crippen molar-refractivity contribution in [3.8, 4) is 17.0 Å². The van der Waals surface area contributed by atoms with E-state index in [1.54, 1.807) is 29.1 Å². The van der Waals surface area contributed by atoms with Gasteiger partial charge in [0.1, 0.15) is 0 Å². The van der Waals surface area contributed by atoms with Crippen molar-refractivity contribution in [1.82, 2.24) is 24.6 Å². The first kappa shape index (κ1) is 17.4. The summed E-state index contributed by atoms with van der Waals surface area (Å²) < 4.78 is 3.11. The second kappa shape index (κ2) is 6.85. The highest BCUT2D eigenvalue weighted by molar-refractivity contribution is 6.42. The summed E-state index contributed by atoms with van der Waals surface area (Å²) >= 11 is 12.0. The van der Waals surface area contributed by atoms with Crippen LogP contribution >= 0.6 is 23.2 Å². The maximum Gasteiger partial charge on any atom is 0.479 e. The molecule has 0 amide bonds. The molecule has 0 atom stereocenters. The molecule has 0 aliphatic heterocycles. The normalized spacial score (nSPS) is 11.0. The van der Waals surface area contributed by atoms with Gasteiger partial charge in [0.2, 0.25) is 5.88 Å². The van der Waals surface area contributed by atoms with E-state index in [0.29, 0.717) is 27.1 Å². The summed E-state index contributed by atoms with van der Waals surface area (Å²) in [5.41, 5.74) is 1.15. The van der Waals surface area contributed by atoms with Gasteiger partial charge in [0.15, 0.2) is 0 Å². The molecule has 3 aromatic rings. The topological polar surface area (TPSA) is 69.6 Å². The van der Waals surface area contributed by atoms with Crippen LogP contribution in [-0.2, 0) is 0 Å². The minimum atomic E-state index is -0.164. The first-order chi connectivity index (χ1) is 11.9. The lowest BCUT2D eigenvalue weighted by Gasteiger charge is -2.17. The number of nitrogens with zero attached hydrogens (tertiary/aromatic N) is 6. The van der Waals surface area contributed by atoms with Gasteiger partial charge in [-0.2, -0.15) is 4.98 Å². The van der Waals surface area contributed by atoms with Crippen LogP contribution in [0.2, 0.25) is 10.0 Å². The lowest BCUT2D eigenvalue weighted by atomic mass is 10.1. The molecule has 2 heterocycles. The smallest absolute Gasteiger partial charge is 0.479 e. The van der Waals surface area contributed by atoms with Gasteiger partial charge in [-0.3, -0.25) is 5.01 Å². The van der Waals surface area contributed by atoms with Crippen molar-refractivity contribution >= 4 is 41.6 Å². The van der Waals surface area contributed by atoms with Crippen molar-refractivity contribution in [3.05, 3.63) is 34.4 Å². The van der Waals surface area contributed by atoms with Crippen molar-refractivity contribution in [2.75, 3.05) is 13.1 Å². The van der Waals surface area contributed by atoms with E-state index in [0.717, 1.165) is 13.1 Å². The molecule has 0 fully saturated rings. The van der Waals surface area contributed by atoms with E-state index in [1.165, 1.54) is 4.52 Å². The molecule has 25 heavy (non-hydrogen) atoms. The average molecular weight is 380 g/mol. The zero-order chi connectivity index (χ0) is 18.1. The fourth-order valence-electron chi connectivity index (χ4n) is 2.47. The molecule has 7 nitrogen and oxygen atoms in total. The zero-order valence-electron chi connectivity index (χ0n) is 13.8. The Hall–Kier alpha value is -2.38. The summed E-state index contributed by atoms with van der Waals surface area (Å²) in [7, 11) is 0. The summed E-state index contributed by atoms with van der Waals surface area (Å²) in [4.78, 5) is 8.43. The molecule has 0 aliphatic rings. The lowest BCUT2D eigenvalue weighted by Crippen LogP contribution is -2.31. The standard InChI is InChI=1S/C16H16Cl2N6O/c1-4-23(5-2)22(3)16-20-15-19-14(25)11(9-24(15)21-16)10-6-7-12(17)13(18)8-10/h6-9H,3-5H2,1-2H3/p+1. The van der Waals surface area contributed by atoms with E-state index in [1.807, 2.05) is 18.9 Å². The summed E-state index contributed by atoms with van der Waals surface area (Å²) in [6, 6.07) is 5.07. The Bertz CT molecular complexity index is 951. The Morgan fingerprint density at radius 1 is 1.20 bits per heavy atom. The molecule has 0 radical (unpaired) electrons. The molecule has 130 valence electrons. The van der Waals surface area contributed by atoms with Gasteiger partial charge in [0.05, 0.1) is 28.5 Å². The van der Waals surface area contributed by atoms with Crippen LogP contribution in [0.25, 0.3) is 16.9 Å². The van der Waals surface area contributed by atoms with Gasteiger partial charge in [-0.25, -0.2) is 0 Å². The van der Waals surface area contributed by atoms with E-state index >= 15 is 0 Å². The SMILES string of the molecule is C=[N+](c1nc2nc(O)c(-c3ccc(Cl)c(Cl)c3)cn2n1)N(CC)CC. The van der Waals surface area contributed by atoms with Gasteiger partial charge in [-0.05, 0) is 36.5 Å². The Kier molecular flexibility index (Phi) is 4.78. The largest absolute Gasteiger partial charge is 0.493 e. The summed E-state index contributed by atoms with van der Waals surface area (Å²) in [6.45, 7) is 9.54. The summed E-state index contributed by atoms with van der Waals surface area (Å²) in [5.74, 6) is 0.502. The molecule has 0 saturated carbocycles. The van der Waals surface area contributed by atoms with Crippen molar-refractivity contribution in [2.24, 2.45) is 0 Å². The Balaban J connectivity index is 2.07. The number of hydrogen-bond acceptors (Lipinski definition) is 5. The van der Waals surface area contributed by atoms with Crippen molar-refractivity contribution in [3.63, 3.8) is 0 Å². The maximum atomic E-state index is 10.3. The third-order valence-corrected chi connectivity index (χ3v) is 4.57. The van der Waals surface area contributed by atoms with Crippen molar-refractivity contribution < 1.29 is 9.79 Å². The van der Waals surface area contributed by atoms with E-state index in [2.05, 4.69) is 21.8 Å². The molecule has 1 aromatic carbocycles. The number of hydrazone groups is 1. The fraction of sp³-hybridized carbons (Fsp3) is 0.250. The minimum Gasteiger partial charge on any atom is -0.493 e. The number of rotatable bonds is 5. The lowest BCUT2D eigenvalue weighted by molar-refractivity contribution is -0.620. The average Bonchev–Trinajstić information content (AvgIpc) is 3.00. The van der Waals surface area contributed by atoms with Gasteiger partial charge in [-0.1, -0.05) is 29.3 Å². The number of halogens is 2. The number of aromatic hydroxyl groups is 1. The molecule has 0 unspecified atom stereocenters. The van der Waals surface area contributed by atoms with Gasteiger partial charge >= 0.3 is 11.7 Å². The molecular weight excluding hydrogens is 363 g/mol. The Labute approximate surface area is 154 Å². The van der Waals surface area contributed by atoms with E-state index < -0.39 is 0 Å². The predicted octanol–water partition coefficient (Wildman–Crippen LogP) is 3.41. The third kappa shape index (κ3) is 3.25. The summed E-state index contributed by atoms with van der Waals surface area (Å²) in [6.07, 6.45) is 1.64. The van der Waals surface area contributed by atoms with Gasteiger partial charge in [-0.15, -0.1) is 9.20 Å². The molecular formula is C16H17Cl2N6O+. The Morgan fingerprint density at radius 3 is 2.56 bits per heavy atom. The predicted molar refractivity (Wildman–Crippen MR) is 97.9 cm³/mol. The molecule has 0 bridgehead atoms. The van der Waals surface area contributed by atoms with Crippen LogP contribution in [0.4, 0.5) is 5.95 Å². The van der Waals surface area contributed by atoms with E-state index in [9.17, 15) is 5.11 Å². The number of benzene rings is 1. The molecule has 1 N–H and O–H groups in total. The maximum absolute atomic E-state index is 10.3. The molecule has 2 aromatic heterocycles. The number of hydrogen-bond donors (Lipinski definition) is 1. The zero-order valence-corrected chi connectivity index (χ0v) is 15.3. The second-order valence-electron chi connectivity index (χ2n) is 5.30. The summed E-state index contributed by atoms with van der Waals surface area (Å²) in [5, 5.41) is 17.5.